The number of anilines is 2. The minimum absolute atomic E-state index is 0.0235. The van der Waals surface area contributed by atoms with Crippen LogP contribution in [0.15, 0.2) is 37.4 Å². The number of pyridine rings is 1. The van der Waals surface area contributed by atoms with Gasteiger partial charge in [-0.1, -0.05) is 25.0 Å². The fraction of sp³-hybridized carbons (Fsp3) is 0.577. The Labute approximate surface area is 198 Å². The van der Waals surface area contributed by atoms with E-state index >= 15 is 0 Å². The van der Waals surface area contributed by atoms with Gasteiger partial charge in [0.15, 0.2) is 0 Å². The monoisotopic (exact) mass is 452 g/mol. The Hall–Kier alpha value is -2.67. The molecule has 33 heavy (non-hydrogen) atoms. The first-order chi connectivity index (χ1) is 16.1. The minimum atomic E-state index is -0.323. The van der Waals surface area contributed by atoms with Crippen LogP contribution in [-0.2, 0) is 4.79 Å². The molecule has 2 fully saturated rings. The van der Waals surface area contributed by atoms with E-state index < -0.39 is 0 Å². The Balaban J connectivity index is 1.69. The third kappa shape index (κ3) is 7.42. The zero-order valence-electron chi connectivity index (χ0n) is 20.0. The molecule has 1 aromatic rings. The Morgan fingerprint density at radius 3 is 2.48 bits per heavy atom. The van der Waals surface area contributed by atoms with Gasteiger partial charge >= 0.3 is 0 Å². The molecule has 0 aliphatic carbocycles. The van der Waals surface area contributed by atoms with E-state index in [9.17, 15) is 4.79 Å². The maximum atomic E-state index is 12.9. The van der Waals surface area contributed by atoms with Crippen molar-refractivity contribution in [3.8, 4) is 0 Å². The summed E-state index contributed by atoms with van der Waals surface area (Å²) in [6, 6.07) is 3.95. The molecule has 0 saturated carbocycles. The predicted molar refractivity (Wildman–Crippen MR) is 137 cm³/mol. The minimum Gasteiger partial charge on any atom is -0.369 e. The molecule has 0 spiro atoms. The van der Waals surface area contributed by atoms with Crippen molar-refractivity contribution in [3.05, 3.63) is 43.0 Å². The van der Waals surface area contributed by atoms with E-state index in [1.807, 2.05) is 24.3 Å². The van der Waals surface area contributed by atoms with Crippen LogP contribution < -0.4 is 15.5 Å². The van der Waals surface area contributed by atoms with Crippen LogP contribution in [0.2, 0.25) is 0 Å². The van der Waals surface area contributed by atoms with E-state index in [0.717, 1.165) is 70.8 Å². The number of carbonyl (C=O) groups excluding carboxylic acids is 1. The van der Waals surface area contributed by atoms with Crippen LogP contribution in [0.3, 0.4) is 0 Å². The largest absolute Gasteiger partial charge is 0.369 e. The van der Waals surface area contributed by atoms with Crippen molar-refractivity contribution in [3.63, 3.8) is 0 Å². The molecule has 1 aromatic heterocycles. The quantitative estimate of drug-likeness (QED) is 0.269. The summed E-state index contributed by atoms with van der Waals surface area (Å²) in [6.45, 7) is 13.1. The molecule has 0 atom stereocenters. The Bertz CT molecular complexity index is 807. The lowest BCUT2D eigenvalue weighted by Gasteiger charge is -2.31. The van der Waals surface area contributed by atoms with Crippen LogP contribution in [-0.4, -0.2) is 66.8 Å². The zero-order chi connectivity index (χ0) is 23.5. The molecular formula is C26H40N6O. The van der Waals surface area contributed by atoms with Crippen molar-refractivity contribution in [1.29, 1.82) is 5.41 Å². The van der Waals surface area contributed by atoms with Crippen LogP contribution in [0.4, 0.5) is 11.6 Å². The number of likely N-dealkylation sites (tertiary alicyclic amines) is 1. The number of nitrogens with zero attached hydrogens (tertiary/aromatic N) is 3. The smallest absolute Gasteiger partial charge is 0.270 e. The number of unbranched alkanes of at least 4 members (excludes halogenated alkanes) is 1. The maximum absolute atomic E-state index is 12.9. The molecule has 180 valence electrons. The number of carbonyl (C=O) groups is 1. The van der Waals surface area contributed by atoms with Gasteiger partial charge in [0.2, 0.25) is 0 Å². The molecule has 1 amide bonds. The second kappa shape index (κ2) is 13.1. The first-order valence-corrected chi connectivity index (χ1v) is 12.5. The summed E-state index contributed by atoms with van der Waals surface area (Å²) < 4.78 is 0. The fourth-order valence-corrected chi connectivity index (χ4v) is 4.54. The normalized spacial score (nSPS) is 17.8. The summed E-state index contributed by atoms with van der Waals surface area (Å²) in [5, 5.41) is 15.1. The summed E-state index contributed by atoms with van der Waals surface area (Å²) >= 11 is 0. The van der Waals surface area contributed by atoms with Gasteiger partial charge in [-0.25, -0.2) is 4.98 Å². The van der Waals surface area contributed by atoms with E-state index in [2.05, 4.69) is 33.6 Å². The second-order valence-corrected chi connectivity index (χ2v) is 9.04. The van der Waals surface area contributed by atoms with Crippen molar-refractivity contribution in [1.82, 2.24) is 15.2 Å². The maximum Gasteiger partial charge on any atom is 0.270 e. The standard InChI is InChI=1S/C26H40N6O/c1-3-5-8-15-28-25-22(11-12-23(30-25)32-17-9-6-7-10-18-32)24(27)26(33)29-21-13-19-31(16-4-2)20-14-21/h3-4,11-12,21,27H,1-2,5-10,13-20H2,(H,28,30)(H,29,33). The number of allylic oxidation sites excluding steroid dienone is 1. The summed E-state index contributed by atoms with van der Waals surface area (Å²) in [7, 11) is 0. The van der Waals surface area contributed by atoms with Crippen molar-refractivity contribution in [2.45, 2.75) is 57.4 Å². The number of hydrogen-bond acceptors (Lipinski definition) is 6. The molecule has 0 radical (unpaired) electrons. The van der Waals surface area contributed by atoms with E-state index in [0.29, 0.717) is 11.4 Å². The molecule has 3 rings (SSSR count). The molecule has 0 bridgehead atoms. The van der Waals surface area contributed by atoms with Crippen molar-refractivity contribution in [2.75, 3.05) is 49.5 Å². The van der Waals surface area contributed by atoms with Gasteiger partial charge in [-0.15, -0.1) is 13.2 Å². The van der Waals surface area contributed by atoms with Gasteiger partial charge in [0.1, 0.15) is 17.3 Å². The number of rotatable bonds is 11. The number of aromatic nitrogens is 1. The molecule has 3 heterocycles. The highest BCUT2D eigenvalue weighted by molar-refractivity contribution is 6.45. The number of nitrogens with one attached hydrogen (secondary N) is 3. The molecule has 3 N–H and O–H groups in total. The van der Waals surface area contributed by atoms with Crippen LogP contribution >= 0.6 is 0 Å². The lowest BCUT2D eigenvalue weighted by molar-refractivity contribution is -0.115. The van der Waals surface area contributed by atoms with Crippen LogP contribution in [0.5, 0.6) is 0 Å². The zero-order valence-corrected chi connectivity index (χ0v) is 20.0. The highest BCUT2D eigenvalue weighted by atomic mass is 16.1. The fourth-order valence-electron chi connectivity index (χ4n) is 4.54. The molecule has 2 saturated heterocycles. The molecule has 7 heteroatoms. The lowest BCUT2D eigenvalue weighted by Crippen LogP contribution is -2.46. The van der Waals surface area contributed by atoms with Crippen LogP contribution in [0, 0.1) is 5.41 Å². The Kier molecular flexibility index (Phi) is 9.94. The van der Waals surface area contributed by atoms with Crippen molar-refractivity contribution in [2.24, 2.45) is 0 Å². The molecule has 2 aliphatic rings. The van der Waals surface area contributed by atoms with Gasteiger partial charge in [0.25, 0.3) is 5.91 Å². The Morgan fingerprint density at radius 1 is 1.09 bits per heavy atom. The van der Waals surface area contributed by atoms with E-state index in [-0.39, 0.29) is 17.7 Å². The van der Waals surface area contributed by atoms with Gasteiger partial charge in [-0.3, -0.25) is 15.1 Å². The van der Waals surface area contributed by atoms with Gasteiger partial charge in [-0.05, 0) is 50.7 Å². The summed E-state index contributed by atoms with van der Waals surface area (Å²) in [6.07, 6.45) is 12.3. The highest BCUT2D eigenvalue weighted by Crippen LogP contribution is 2.23. The molecule has 0 aromatic carbocycles. The molecular weight excluding hydrogens is 412 g/mol. The highest BCUT2D eigenvalue weighted by Gasteiger charge is 2.24. The topological polar surface area (TPSA) is 84.4 Å². The first kappa shape index (κ1) is 25.0. The summed E-state index contributed by atoms with van der Waals surface area (Å²) in [4.78, 5) is 22.5. The third-order valence-electron chi connectivity index (χ3n) is 6.49. The van der Waals surface area contributed by atoms with Gasteiger partial charge < -0.3 is 15.5 Å². The number of piperidine rings is 1. The average Bonchev–Trinajstić information content (AvgIpc) is 3.12. The number of amides is 1. The molecule has 7 nitrogen and oxygen atoms in total. The van der Waals surface area contributed by atoms with E-state index in [1.165, 1.54) is 25.7 Å². The summed E-state index contributed by atoms with van der Waals surface area (Å²) in [5.41, 5.74) is 0.540. The van der Waals surface area contributed by atoms with E-state index in [4.69, 9.17) is 10.4 Å². The van der Waals surface area contributed by atoms with Crippen LogP contribution in [0.1, 0.15) is 56.9 Å². The SMILES string of the molecule is C=CCCCNc1nc(N2CCCCCC2)ccc1C(=N)C(=O)NC1CCN(CC=C)CC1. The molecule has 0 unspecified atom stereocenters. The molecule has 2 aliphatic heterocycles. The first-order valence-electron chi connectivity index (χ1n) is 12.5. The average molecular weight is 453 g/mol. The third-order valence-corrected chi connectivity index (χ3v) is 6.49. The van der Waals surface area contributed by atoms with Gasteiger partial charge in [0.05, 0.1) is 0 Å². The number of hydrogen-bond donors (Lipinski definition) is 3. The lowest BCUT2D eigenvalue weighted by atomic mass is 10.0. The van der Waals surface area contributed by atoms with Gasteiger partial charge in [0, 0.05) is 50.9 Å². The van der Waals surface area contributed by atoms with Crippen LogP contribution in [0.25, 0.3) is 0 Å². The second-order valence-electron chi connectivity index (χ2n) is 9.04. The van der Waals surface area contributed by atoms with Crippen molar-refractivity contribution >= 4 is 23.3 Å². The Morgan fingerprint density at radius 2 is 1.82 bits per heavy atom. The predicted octanol–water partition coefficient (Wildman–Crippen LogP) is 3.97. The summed E-state index contributed by atoms with van der Waals surface area (Å²) in [5.74, 6) is 1.23. The van der Waals surface area contributed by atoms with E-state index in [1.54, 1.807) is 0 Å². The van der Waals surface area contributed by atoms with Crippen molar-refractivity contribution < 1.29 is 4.79 Å². The van der Waals surface area contributed by atoms with Gasteiger partial charge in [-0.2, -0.15) is 0 Å².